The maximum Gasteiger partial charge on any atom is 0.272 e. The van der Waals surface area contributed by atoms with Crippen molar-refractivity contribution in [2.24, 2.45) is 0 Å². The summed E-state index contributed by atoms with van der Waals surface area (Å²) in [5, 5.41) is 30.6. The van der Waals surface area contributed by atoms with Crippen LogP contribution in [0, 0.1) is 0 Å². The smallest absolute Gasteiger partial charge is 0.272 e. The zero-order valence-corrected chi connectivity index (χ0v) is 23.2. The van der Waals surface area contributed by atoms with E-state index in [0.717, 1.165) is 96.9 Å². The molecule has 0 aromatic rings. The summed E-state index contributed by atoms with van der Waals surface area (Å²) in [7, 11) is 0. The van der Waals surface area contributed by atoms with E-state index in [9.17, 15) is 15.3 Å². The van der Waals surface area contributed by atoms with Crippen LogP contribution in [-0.4, -0.2) is 96.6 Å². The molecule has 0 radical (unpaired) electrons. The summed E-state index contributed by atoms with van der Waals surface area (Å²) in [6, 6.07) is 0. The fourth-order valence-corrected chi connectivity index (χ4v) is 4.52. The van der Waals surface area contributed by atoms with Crippen LogP contribution in [0.5, 0.6) is 0 Å². The summed E-state index contributed by atoms with van der Waals surface area (Å²) in [6.07, 6.45) is 9.96. The van der Waals surface area contributed by atoms with Gasteiger partial charge in [0.25, 0.3) is 6.48 Å². The van der Waals surface area contributed by atoms with Gasteiger partial charge in [-0.25, -0.2) is 0 Å². The lowest BCUT2D eigenvalue weighted by Gasteiger charge is -2.37. The molecule has 3 aliphatic carbocycles. The second-order valence-corrected chi connectivity index (χ2v) is 11.3. The molecule has 0 spiro atoms. The lowest BCUT2D eigenvalue weighted by Crippen LogP contribution is -2.45. The molecule has 9 heteroatoms. The number of hydrogen-bond donors (Lipinski definition) is 3. The van der Waals surface area contributed by atoms with Crippen LogP contribution in [0.2, 0.25) is 0 Å². The average molecular weight is 533 g/mol. The summed E-state index contributed by atoms with van der Waals surface area (Å²) < 4.78 is 32.1. The van der Waals surface area contributed by atoms with Crippen molar-refractivity contribution in [2.45, 2.75) is 159 Å². The molecule has 9 nitrogen and oxygen atoms in total. The second-order valence-electron chi connectivity index (χ2n) is 11.3. The standard InChI is InChI=1S/C19H34O6.3C3H6O/c20-13-7-1-4-10-16(13)23-19(24-17-11-5-2-8-14(17)21)25-18-12-6-3-9-15(18)22;3*1-3-2-4-3/h13-22H,1-12H2;3*3H,2H2,1H3. The molecule has 3 saturated heterocycles. The van der Waals surface area contributed by atoms with Crippen molar-refractivity contribution in [2.75, 3.05) is 19.8 Å². The highest BCUT2D eigenvalue weighted by atomic mass is 16.9. The molecule has 9 atom stereocenters. The second kappa shape index (κ2) is 16.7. The van der Waals surface area contributed by atoms with Gasteiger partial charge < -0.3 is 43.7 Å². The normalized spacial score (nSPS) is 40.9. The van der Waals surface area contributed by atoms with Crippen LogP contribution in [-0.2, 0) is 28.4 Å². The van der Waals surface area contributed by atoms with Crippen LogP contribution >= 0.6 is 0 Å². The summed E-state index contributed by atoms with van der Waals surface area (Å²) >= 11 is 0. The first-order chi connectivity index (χ1) is 17.8. The summed E-state index contributed by atoms with van der Waals surface area (Å²) in [5.74, 6) is 0. The minimum Gasteiger partial charge on any atom is -0.390 e. The van der Waals surface area contributed by atoms with Gasteiger partial charge in [0, 0.05) is 0 Å². The minimum atomic E-state index is -0.937. The number of aliphatic hydroxyl groups is 3. The molecule has 3 N–H and O–H groups in total. The van der Waals surface area contributed by atoms with Crippen molar-refractivity contribution in [3.8, 4) is 0 Å². The lowest BCUT2D eigenvalue weighted by molar-refractivity contribution is -0.358. The Morgan fingerprint density at radius 2 is 0.703 bits per heavy atom. The van der Waals surface area contributed by atoms with E-state index in [0.29, 0.717) is 18.3 Å². The summed E-state index contributed by atoms with van der Waals surface area (Å²) in [5.41, 5.74) is 0. The van der Waals surface area contributed by atoms with E-state index in [1.807, 2.05) is 0 Å². The predicted molar refractivity (Wildman–Crippen MR) is 138 cm³/mol. The van der Waals surface area contributed by atoms with Gasteiger partial charge >= 0.3 is 0 Å². The molecule has 6 aliphatic rings. The molecular formula is C28H52O9. The van der Waals surface area contributed by atoms with Gasteiger partial charge in [-0.05, 0) is 59.3 Å². The van der Waals surface area contributed by atoms with Gasteiger partial charge in [0.1, 0.15) is 0 Å². The molecule has 0 bridgehead atoms. The van der Waals surface area contributed by atoms with Crippen molar-refractivity contribution >= 4 is 0 Å². The Bertz CT molecular complexity index is 515. The van der Waals surface area contributed by atoms with Gasteiger partial charge in [-0.15, -0.1) is 0 Å². The van der Waals surface area contributed by atoms with Crippen molar-refractivity contribution in [1.29, 1.82) is 0 Å². The van der Waals surface area contributed by atoms with E-state index in [1.165, 1.54) is 0 Å². The highest BCUT2D eigenvalue weighted by molar-refractivity contribution is 4.79. The number of ether oxygens (including phenoxy) is 6. The number of rotatable bonds is 6. The molecule has 6 fully saturated rings. The van der Waals surface area contributed by atoms with Crippen molar-refractivity contribution in [3.05, 3.63) is 0 Å². The SMILES string of the molecule is CC1CO1.CC1CO1.CC1CO1.OC1CCCCC1OC(OC1CCCCC1O)OC1CCCCC1O. The quantitative estimate of drug-likeness (QED) is 0.348. The van der Waals surface area contributed by atoms with Gasteiger partial charge in [-0.2, -0.15) is 0 Å². The Morgan fingerprint density at radius 1 is 0.486 bits per heavy atom. The Labute approximate surface area is 223 Å². The van der Waals surface area contributed by atoms with Gasteiger partial charge in [-0.1, -0.05) is 38.5 Å². The van der Waals surface area contributed by atoms with Crippen molar-refractivity contribution in [3.63, 3.8) is 0 Å². The third kappa shape index (κ3) is 14.0. The van der Waals surface area contributed by atoms with E-state index in [-0.39, 0.29) is 18.3 Å². The van der Waals surface area contributed by atoms with E-state index in [4.69, 9.17) is 28.4 Å². The van der Waals surface area contributed by atoms with Crippen molar-refractivity contribution < 1.29 is 43.7 Å². The Morgan fingerprint density at radius 3 is 0.892 bits per heavy atom. The molecule has 37 heavy (non-hydrogen) atoms. The zero-order valence-electron chi connectivity index (χ0n) is 23.2. The van der Waals surface area contributed by atoms with Gasteiger partial charge in [0.05, 0.1) is 74.8 Å². The number of epoxide rings is 3. The fraction of sp³-hybridized carbons (Fsp3) is 1.00. The van der Waals surface area contributed by atoms with Crippen LogP contribution in [0.3, 0.4) is 0 Å². The van der Waals surface area contributed by atoms with E-state index >= 15 is 0 Å². The topological polar surface area (TPSA) is 126 Å². The number of hydrogen-bond acceptors (Lipinski definition) is 9. The van der Waals surface area contributed by atoms with E-state index in [1.54, 1.807) is 0 Å². The van der Waals surface area contributed by atoms with Gasteiger partial charge in [-0.3, -0.25) is 0 Å². The Kier molecular flexibility index (Phi) is 14.0. The summed E-state index contributed by atoms with van der Waals surface area (Å²) in [6.45, 7) is 8.19. The largest absolute Gasteiger partial charge is 0.390 e. The molecular weight excluding hydrogens is 480 g/mol. The molecule has 0 amide bonds. The van der Waals surface area contributed by atoms with E-state index in [2.05, 4.69) is 20.8 Å². The first-order valence-corrected chi connectivity index (χ1v) is 14.7. The highest BCUT2D eigenvalue weighted by Crippen LogP contribution is 2.29. The maximum atomic E-state index is 10.2. The Hall–Kier alpha value is -0.360. The predicted octanol–water partition coefficient (Wildman–Crippen LogP) is 3.45. The maximum absolute atomic E-state index is 10.2. The van der Waals surface area contributed by atoms with Crippen molar-refractivity contribution in [1.82, 2.24) is 0 Å². The van der Waals surface area contributed by atoms with E-state index < -0.39 is 24.8 Å². The first kappa shape index (κ1) is 31.2. The Balaban J connectivity index is 0.000000255. The molecule has 0 aromatic carbocycles. The number of aliphatic hydroxyl groups excluding tert-OH is 3. The molecule has 3 aliphatic heterocycles. The van der Waals surface area contributed by atoms with Gasteiger partial charge in [0.15, 0.2) is 0 Å². The van der Waals surface area contributed by atoms with Gasteiger partial charge in [0.2, 0.25) is 0 Å². The molecule has 3 saturated carbocycles. The minimum absolute atomic E-state index is 0.305. The molecule has 0 aromatic heterocycles. The monoisotopic (exact) mass is 532 g/mol. The fourth-order valence-electron chi connectivity index (χ4n) is 4.52. The molecule has 9 unspecified atom stereocenters. The van der Waals surface area contributed by atoms with Crippen LogP contribution in [0.1, 0.15) is 97.8 Å². The summed E-state index contributed by atoms with van der Waals surface area (Å²) in [4.78, 5) is 0. The molecule has 218 valence electrons. The third-order valence-corrected chi connectivity index (χ3v) is 7.36. The molecule has 6 rings (SSSR count). The average Bonchev–Trinajstić information content (AvgIpc) is 3.77. The van der Waals surface area contributed by atoms with Crippen LogP contribution < -0.4 is 0 Å². The first-order valence-electron chi connectivity index (χ1n) is 14.7. The lowest BCUT2D eigenvalue weighted by atomic mass is 9.94. The van der Waals surface area contributed by atoms with Crippen LogP contribution in [0.15, 0.2) is 0 Å². The zero-order chi connectivity index (χ0) is 26.6. The highest BCUT2D eigenvalue weighted by Gasteiger charge is 2.35. The van der Waals surface area contributed by atoms with Crippen LogP contribution in [0.25, 0.3) is 0 Å². The molecule has 3 heterocycles. The third-order valence-electron chi connectivity index (χ3n) is 7.36. The van der Waals surface area contributed by atoms with Crippen LogP contribution in [0.4, 0.5) is 0 Å².